The Hall–Kier alpha value is -0.120. The van der Waals surface area contributed by atoms with Gasteiger partial charge in [-0.3, -0.25) is 0 Å². The summed E-state index contributed by atoms with van der Waals surface area (Å²) in [5.41, 5.74) is 5.83. The largest absolute Gasteiger partial charge is 0.394 e. The van der Waals surface area contributed by atoms with E-state index in [0.29, 0.717) is 17.9 Å². The lowest BCUT2D eigenvalue weighted by molar-refractivity contribution is 0.0488. The van der Waals surface area contributed by atoms with E-state index in [9.17, 15) is 5.11 Å². The second-order valence-electron chi connectivity index (χ2n) is 5.70. The predicted octanol–water partition coefficient (Wildman–Crippen LogP) is 1.06. The molecule has 0 heterocycles. The summed E-state index contributed by atoms with van der Waals surface area (Å²) in [7, 11) is 4.23. The monoisotopic (exact) mass is 214 g/mol. The zero-order chi connectivity index (χ0) is 11.6. The molecule has 0 aromatic heterocycles. The Morgan fingerprint density at radius 2 is 2.07 bits per heavy atom. The Kier molecular flexibility index (Phi) is 4.15. The maximum atomic E-state index is 9.33. The molecule has 0 aromatic carbocycles. The molecule has 90 valence electrons. The number of aliphatic hydroxyl groups is 1. The maximum absolute atomic E-state index is 9.33. The number of nitrogens with two attached hydrogens (primary N) is 1. The lowest BCUT2D eigenvalue weighted by atomic mass is 9.70. The van der Waals surface area contributed by atoms with Crippen LogP contribution >= 0.6 is 0 Å². The first-order valence-corrected chi connectivity index (χ1v) is 5.96. The van der Waals surface area contributed by atoms with Crippen LogP contribution in [-0.4, -0.2) is 42.3 Å². The van der Waals surface area contributed by atoms with Crippen molar-refractivity contribution in [3.8, 4) is 0 Å². The molecule has 0 bridgehead atoms. The lowest BCUT2D eigenvalue weighted by Gasteiger charge is -2.46. The van der Waals surface area contributed by atoms with Gasteiger partial charge in [0.25, 0.3) is 0 Å². The summed E-state index contributed by atoms with van der Waals surface area (Å²) in [6.07, 6.45) is 3.01. The van der Waals surface area contributed by atoms with Crippen molar-refractivity contribution in [3.63, 3.8) is 0 Å². The average molecular weight is 214 g/mol. The van der Waals surface area contributed by atoms with E-state index in [1.54, 1.807) is 0 Å². The summed E-state index contributed by atoms with van der Waals surface area (Å²) in [6, 6.07) is 0.510. The first-order chi connectivity index (χ1) is 6.89. The van der Waals surface area contributed by atoms with Crippen LogP contribution in [0.3, 0.4) is 0 Å². The molecule has 0 amide bonds. The molecule has 3 unspecified atom stereocenters. The Morgan fingerprint density at radius 1 is 1.47 bits per heavy atom. The normalized spacial score (nSPS) is 37.6. The van der Waals surface area contributed by atoms with Gasteiger partial charge < -0.3 is 15.7 Å². The number of hydrogen-bond donors (Lipinski definition) is 2. The molecule has 3 N–H and O–H groups in total. The van der Waals surface area contributed by atoms with Gasteiger partial charge in [0.05, 0.1) is 6.61 Å². The molecule has 0 saturated heterocycles. The van der Waals surface area contributed by atoms with Crippen LogP contribution < -0.4 is 5.73 Å². The fourth-order valence-corrected chi connectivity index (χ4v) is 2.80. The standard InChI is InChI=1S/C12H26N2O/c1-9(2)10-5-6-12(13,8-15)7-11(10)14(3)4/h9-11,15H,5-8,13H2,1-4H3. The van der Waals surface area contributed by atoms with Gasteiger partial charge in [-0.25, -0.2) is 0 Å². The van der Waals surface area contributed by atoms with Crippen molar-refractivity contribution >= 4 is 0 Å². The Morgan fingerprint density at radius 3 is 2.47 bits per heavy atom. The third-order valence-corrected chi connectivity index (χ3v) is 3.92. The second kappa shape index (κ2) is 4.81. The van der Waals surface area contributed by atoms with E-state index in [-0.39, 0.29) is 12.1 Å². The van der Waals surface area contributed by atoms with Gasteiger partial charge in [0.15, 0.2) is 0 Å². The highest BCUT2D eigenvalue weighted by Gasteiger charge is 2.39. The molecule has 3 nitrogen and oxygen atoms in total. The van der Waals surface area contributed by atoms with Crippen molar-refractivity contribution in [1.29, 1.82) is 0 Å². The second-order valence-corrected chi connectivity index (χ2v) is 5.70. The first-order valence-electron chi connectivity index (χ1n) is 5.96. The van der Waals surface area contributed by atoms with Crippen molar-refractivity contribution in [2.45, 2.75) is 44.7 Å². The van der Waals surface area contributed by atoms with Crippen LogP contribution in [0.4, 0.5) is 0 Å². The summed E-state index contributed by atoms with van der Waals surface area (Å²) >= 11 is 0. The highest BCUT2D eigenvalue weighted by molar-refractivity contribution is 4.97. The van der Waals surface area contributed by atoms with E-state index in [2.05, 4.69) is 32.8 Å². The van der Waals surface area contributed by atoms with Crippen LogP contribution in [0.2, 0.25) is 0 Å². The fraction of sp³-hybridized carbons (Fsp3) is 1.00. The summed E-state index contributed by atoms with van der Waals surface area (Å²) in [6.45, 7) is 4.68. The molecule has 1 rings (SSSR count). The molecule has 3 atom stereocenters. The minimum atomic E-state index is -0.347. The molecular formula is C12H26N2O. The highest BCUT2D eigenvalue weighted by atomic mass is 16.3. The van der Waals surface area contributed by atoms with Crippen molar-refractivity contribution in [1.82, 2.24) is 4.90 Å². The maximum Gasteiger partial charge on any atom is 0.0611 e. The molecule has 0 radical (unpaired) electrons. The van der Waals surface area contributed by atoms with E-state index in [1.165, 1.54) is 0 Å². The quantitative estimate of drug-likeness (QED) is 0.738. The summed E-state index contributed by atoms with van der Waals surface area (Å²) in [5.74, 6) is 1.41. The van der Waals surface area contributed by atoms with Crippen molar-refractivity contribution in [2.24, 2.45) is 17.6 Å². The van der Waals surface area contributed by atoms with Gasteiger partial charge in [-0.15, -0.1) is 0 Å². The third kappa shape index (κ3) is 2.92. The molecule has 0 spiro atoms. The van der Waals surface area contributed by atoms with E-state index < -0.39 is 0 Å². The van der Waals surface area contributed by atoms with E-state index in [4.69, 9.17) is 5.73 Å². The van der Waals surface area contributed by atoms with Gasteiger partial charge in [0, 0.05) is 11.6 Å². The van der Waals surface area contributed by atoms with Crippen molar-refractivity contribution in [2.75, 3.05) is 20.7 Å². The molecule has 0 aromatic rings. The van der Waals surface area contributed by atoms with E-state index in [0.717, 1.165) is 19.3 Å². The SMILES string of the molecule is CC(C)C1CCC(N)(CO)CC1N(C)C. The summed E-state index contributed by atoms with van der Waals surface area (Å²) < 4.78 is 0. The summed E-state index contributed by atoms with van der Waals surface area (Å²) in [4.78, 5) is 2.26. The van der Waals surface area contributed by atoms with Gasteiger partial charge in [0.2, 0.25) is 0 Å². The Balaban J connectivity index is 2.74. The minimum absolute atomic E-state index is 0.113. The van der Waals surface area contributed by atoms with Crippen LogP contribution in [0.15, 0.2) is 0 Å². The van der Waals surface area contributed by atoms with Gasteiger partial charge in [-0.2, -0.15) is 0 Å². The third-order valence-electron chi connectivity index (χ3n) is 3.92. The Labute approximate surface area is 93.6 Å². The van der Waals surface area contributed by atoms with Crippen molar-refractivity contribution in [3.05, 3.63) is 0 Å². The molecular weight excluding hydrogens is 188 g/mol. The predicted molar refractivity (Wildman–Crippen MR) is 63.7 cm³/mol. The van der Waals surface area contributed by atoms with Crippen molar-refractivity contribution < 1.29 is 5.11 Å². The van der Waals surface area contributed by atoms with Gasteiger partial charge in [-0.1, -0.05) is 13.8 Å². The van der Waals surface area contributed by atoms with Gasteiger partial charge >= 0.3 is 0 Å². The average Bonchev–Trinajstić information content (AvgIpc) is 2.17. The zero-order valence-corrected chi connectivity index (χ0v) is 10.5. The summed E-state index contributed by atoms with van der Waals surface area (Å²) in [5, 5.41) is 9.33. The molecule has 1 aliphatic rings. The number of aliphatic hydroxyl groups excluding tert-OH is 1. The fourth-order valence-electron chi connectivity index (χ4n) is 2.80. The molecule has 15 heavy (non-hydrogen) atoms. The zero-order valence-electron chi connectivity index (χ0n) is 10.5. The highest BCUT2D eigenvalue weighted by Crippen LogP contribution is 2.36. The molecule has 1 fully saturated rings. The van der Waals surface area contributed by atoms with Crippen LogP contribution in [0, 0.1) is 11.8 Å². The minimum Gasteiger partial charge on any atom is -0.394 e. The lowest BCUT2D eigenvalue weighted by Crippen LogP contribution is -2.55. The molecule has 0 aliphatic heterocycles. The van der Waals surface area contributed by atoms with Crippen LogP contribution in [0.5, 0.6) is 0 Å². The topological polar surface area (TPSA) is 49.5 Å². The first kappa shape index (κ1) is 12.9. The number of hydrogen-bond acceptors (Lipinski definition) is 3. The number of nitrogens with zero attached hydrogens (tertiary/aromatic N) is 1. The van der Waals surface area contributed by atoms with Crippen LogP contribution in [0.25, 0.3) is 0 Å². The molecule has 1 aliphatic carbocycles. The molecule has 3 heteroatoms. The smallest absolute Gasteiger partial charge is 0.0611 e. The van der Waals surface area contributed by atoms with Gasteiger partial charge in [-0.05, 0) is 45.2 Å². The Bertz CT molecular complexity index is 206. The van der Waals surface area contributed by atoms with E-state index in [1.807, 2.05) is 0 Å². The molecule has 1 saturated carbocycles. The van der Waals surface area contributed by atoms with Crippen LogP contribution in [-0.2, 0) is 0 Å². The van der Waals surface area contributed by atoms with Gasteiger partial charge in [0.1, 0.15) is 0 Å². The number of rotatable bonds is 3. The van der Waals surface area contributed by atoms with E-state index >= 15 is 0 Å². The van der Waals surface area contributed by atoms with Crippen LogP contribution in [0.1, 0.15) is 33.1 Å².